The molecule has 0 radical (unpaired) electrons. The second-order valence-electron chi connectivity index (χ2n) is 10.8. The van der Waals surface area contributed by atoms with Crippen molar-refractivity contribution in [1.29, 1.82) is 0 Å². The molecule has 6 nitrogen and oxygen atoms in total. The van der Waals surface area contributed by atoms with Gasteiger partial charge in [-0.15, -0.1) is 0 Å². The van der Waals surface area contributed by atoms with E-state index >= 15 is 0 Å². The fourth-order valence-corrected chi connectivity index (χ4v) is 5.41. The van der Waals surface area contributed by atoms with Crippen LogP contribution in [0.25, 0.3) is 0 Å². The van der Waals surface area contributed by atoms with Crippen molar-refractivity contribution in [1.82, 2.24) is 5.32 Å². The summed E-state index contributed by atoms with van der Waals surface area (Å²) in [4.78, 5) is 27.0. The zero-order chi connectivity index (χ0) is 32.8. The molecule has 0 spiro atoms. The number of anilines is 1. The molecule has 0 bridgehead atoms. The van der Waals surface area contributed by atoms with Gasteiger partial charge in [-0.05, 0) is 80.5 Å². The van der Waals surface area contributed by atoms with Gasteiger partial charge in [0.05, 0.1) is 46.2 Å². The van der Waals surface area contributed by atoms with Crippen LogP contribution in [0.3, 0.4) is 0 Å². The number of rotatable bonds is 6. The van der Waals surface area contributed by atoms with Crippen molar-refractivity contribution in [2.45, 2.75) is 76.2 Å². The second-order valence-corrected chi connectivity index (χ2v) is 11.2. The molecule has 16 heteroatoms. The average Bonchev–Trinajstić information content (AvgIpc) is 3.72. The maximum absolute atomic E-state index is 13.6. The van der Waals surface area contributed by atoms with E-state index in [-0.39, 0.29) is 23.6 Å². The highest BCUT2D eigenvalue weighted by Crippen LogP contribution is 2.48. The Hall–Kier alpha value is -3.36. The maximum atomic E-state index is 13.6. The maximum Gasteiger partial charge on any atom is 0.417 e. The van der Waals surface area contributed by atoms with Gasteiger partial charge in [0.1, 0.15) is 0 Å². The molecule has 1 heterocycles. The van der Waals surface area contributed by atoms with Gasteiger partial charge in [-0.25, -0.2) is 9.59 Å². The molecule has 2 unspecified atom stereocenters. The lowest BCUT2D eigenvalue weighted by molar-refractivity contribution is -0.143. The Bertz CT molecular complexity index is 1370. The van der Waals surface area contributed by atoms with E-state index in [0.29, 0.717) is 12.1 Å². The third-order valence-electron chi connectivity index (χ3n) is 7.16. The number of nitrogens with zero attached hydrogens (tertiary/aromatic N) is 1. The number of hydrogen-bond donors (Lipinski definition) is 1. The SMILES string of the molecule is CC(C)OC(=O)N1c2ccc(C(F)(F)F)cc2C(NC(=O)OCCc2cc(C(F)(F)F)c(Cl)c(C(F)(F)F)c2)CC1C1CC1. The molecule has 1 N–H and O–H groups in total. The van der Waals surface area contributed by atoms with Crippen LogP contribution in [-0.2, 0) is 34.4 Å². The molecule has 1 fully saturated rings. The number of fused-ring (bicyclic) bond motifs is 1. The van der Waals surface area contributed by atoms with Crippen molar-refractivity contribution in [3.05, 3.63) is 63.2 Å². The normalized spacial score (nSPS) is 19.1. The zero-order valence-electron chi connectivity index (χ0n) is 23.1. The smallest absolute Gasteiger partial charge is 0.417 e. The van der Waals surface area contributed by atoms with Crippen LogP contribution >= 0.6 is 11.6 Å². The van der Waals surface area contributed by atoms with Crippen LogP contribution in [0.1, 0.15) is 67.0 Å². The number of benzene rings is 2. The van der Waals surface area contributed by atoms with Gasteiger partial charge in [-0.1, -0.05) is 11.6 Å². The molecule has 2 aromatic rings. The third kappa shape index (κ3) is 7.64. The molecule has 44 heavy (non-hydrogen) atoms. The minimum Gasteiger partial charge on any atom is -0.449 e. The lowest BCUT2D eigenvalue weighted by atomic mass is 9.88. The summed E-state index contributed by atoms with van der Waals surface area (Å²) >= 11 is 5.38. The molecule has 1 saturated carbocycles. The number of carbonyl (C=O) groups excluding carboxylic acids is 2. The first-order valence-corrected chi connectivity index (χ1v) is 13.8. The summed E-state index contributed by atoms with van der Waals surface area (Å²) in [6.45, 7) is 2.56. The number of hydrogen-bond acceptors (Lipinski definition) is 4. The molecule has 1 aliphatic carbocycles. The quantitative estimate of drug-likeness (QED) is 0.314. The topological polar surface area (TPSA) is 67.9 Å². The summed E-state index contributed by atoms with van der Waals surface area (Å²) in [5, 5.41) is 0.929. The summed E-state index contributed by atoms with van der Waals surface area (Å²) in [5.74, 6) is -0.0129. The van der Waals surface area contributed by atoms with E-state index in [1.807, 2.05) is 0 Å². The van der Waals surface area contributed by atoms with Crippen molar-refractivity contribution >= 4 is 29.5 Å². The largest absolute Gasteiger partial charge is 0.449 e. The minimum atomic E-state index is -5.19. The average molecular weight is 661 g/mol. The van der Waals surface area contributed by atoms with Crippen LogP contribution < -0.4 is 10.2 Å². The predicted octanol–water partition coefficient (Wildman–Crippen LogP) is 8.94. The Morgan fingerprint density at radius 1 is 0.955 bits per heavy atom. The van der Waals surface area contributed by atoms with E-state index in [1.54, 1.807) is 13.8 Å². The number of alkyl carbamates (subject to hydrolysis) is 1. The number of carbonyl (C=O) groups is 2. The van der Waals surface area contributed by atoms with Gasteiger partial charge in [0.2, 0.25) is 0 Å². The number of halogens is 10. The fourth-order valence-electron chi connectivity index (χ4n) is 5.08. The van der Waals surface area contributed by atoms with Crippen LogP contribution in [0.4, 0.5) is 54.8 Å². The van der Waals surface area contributed by atoms with E-state index in [1.165, 1.54) is 4.90 Å². The Morgan fingerprint density at radius 3 is 2.05 bits per heavy atom. The van der Waals surface area contributed by atoms with Crippen molar-refractivity contribution < 1.29 is 58.6 Å². The summed E-state index contributed by atoms with van der Waals surface area (Å²) in [7, 11) is 0. The number of ether oxygens (including phenoxy) is 2. The van der Waals surface area contributed by atoms with Gasteiger partial charge in [0.15, 0.2) is 0 Å². The Labute approximate surface area is 250 Å². The summed E-state index contributed by atoms with van der Waals surface area (Å²) in [5.41, 5.74) is -4.87. The highest BCUT2D eigenvalue weighted by Gasteiger charge is 2.46. The molecule has 2 amide bonds. The fraction of sp³-hybridized carbons (Fsp3) is 0.500. The van der Waals surface area contributed by atoms with Gasteiger partial charge >= 0.3 is 30.7 Å². The second kappa shape index (κ2) is 12.2. The number of amides is 2. The molecule has 0 saturated heterocycles. The predicted molar refractivity (Wildman–Crippen MR) is 139 cm³/mol. The molecule has 0 aromatic heterocycles. The van der Waals surface area contributed by atoms with Crippen LogP contribution in [-0.4, -0.2) is 30.9 Å². The summed E-state index contributed by atoms with van der Waals surface area (Å²) in [6, 6.07) is 1.94. The van der Waals surface area contributed by atoms with Crippen LogP contribution in [0.5, 0.6) is 0 Å². The molecule has 2 atom stereocenters. The number of alkyl halides is 9. The number of nitrogens with one attached hydrogen (secondary N) is 1. The highest BCUT2D eigenvalue weighted by atomic mass is 35.5. The lowest BCUT2D eigenvalue weighted by Crippen LogP contribution is -2.49. The molecule has 2 aromatic carbocycles. The van der Waals surface area contributed by atoms with Crippen molar-refractivity contribution in [2.24, 2.45) is 5.92 Å². The lowest BCUT2D eigenvalue weighted by Gasteiger charge is -2.41. The van der Waals surface area contributed by atoms with E-state index in [4.69, 9.17) is 21.1 Å². The van der Waals surface area contributed by atoms with Gasteiger partial charge in [0.25, 0.3) is 0 Å². The Morgan fingerprint density at radius 2 is 1.55 bits per heavy atom. The molecule has 2 aliphatic rings. The Kier molecular flexibility index (Phi) is 9.30. The van der Waals surface area contributed by atoms with Gasteiger partial charge in [-0.2, -0.15) is 39.5 Å². The zero-order valence-corrected chi connectivity index (χ0v) is 23.8. The molecule has 1 aliphatic heterocycles. The van der Waals surface area contributed by atoms with E-state index in [2.05, 4.69) is 5.32 Å². The van der Waals surface area contributed by atoms with Gasteiger partial charge in [0, 0.05) is 12.5 Å². The monoisotopic (exact) mass is 660 g/mol. The third-order valence-corrected chi connectivity index (χ3v) is 7.56. The van der Waals surface area contributed by atoms with Gasteiger partial charge < -0.3 is 14.8 Å². The van der Waals surface area contributed by atoms with Crippen LogP contribution in [0.2, 0.25) is 5.02 Å². The van der Waals surface area contributed by atoms with Crippen molar-refractivity contribution in [3.63, 3.8) is 0 Å². The van der Waals surface area contributed by atoms with E-state index in [9.17, 15) is 49.1 Å². The summed E-state index contributed by atoms with van der Waals surface area (Å²) < 4.78 is 131. The first kappa shape index (κ1) is 33.5. The van der Waals surface area contributed by atoms with Crippen molar-refractivity contribution in [2.75, 3.05) is 11.5 Å². The Balaban J connectivity index is 1.56. The highest BCUT2D eigenvalue weighted by molar-refractivity contribution is 6.32. The first-order chi connectivity index (χ1) is 20.3. The van der Waals surface area contributed by atoms with Crippen LogP contribution in [0.15, 0.2) is 30.3 Å². The van der Waals surface area contributed by atoms with E-state index in [0.717, 1.165) is 31.0 Å². The molecular weight excluding hydrogens is 635 g/mol. The molecular formula is C28H26ClF9N2O4. The van der Waals surface area contributed by atoms with E-state index < -0.39 is 89.2 Å². The van der Waals surface area contributed by atoms with Crippen LogP contribution in [0, 0.1) is 5.92 Å². The van der Waals surface area contributed by atoms with Gasteiger partial charge in [-0.3, -0.25) is 4.90 Å². The standard InChI is InChI=1S/C28H26ClF9N2O4/c1-13(2)44-25(42)40-21-6-5-16(26(30,31)32)11-17(21)20(12-22(40)15-3-4-15)39-24(41)43-8-7-14-9-18(27(33,34)35)23(29)19(10-14)28(36,37)38/h5-6,9-11,13,15,20,22H,3-4,7-8,12H2,1-2H3,(H,39,41). The molecule has 242 valence electrons. The molecule has 4 rings (SSSR count). The minimum absolute atomic E-state index is 0.00232. The summed E-state index contributed by atoms with van der Waals surface area (Å²) in [6.07, 6.45) is -16.7. The van der Waals surface area contributed by atoms with Crippen molar-refractivity contribution in [3.8, 4) is 0 Å². The first-order valence-electron chi connectivity index (χ1n) is 13.4.